The lowest BCUT2D eigenvalue weighted by atomic mass is 9.88. The molecule has 3 nitrogen and oxygen atoms in total. The summed E-state index contributed by atoms with van der Waals surface area (Å²) in [5.41, 5.74) is 1.29. The fourth-order valence-electron chi connectivity index (χ4n) is 2.91. The summed E-state index contributed by atoms with van der Waals surface area (Å²) in [6.07, 6.45) is 1.41. The molecule has 3 atom stereocenters. The topological polar surface area (TPSA) is 30.5 Å². The Kier molecular flexibility index (Phi) is 5.87. The minimum Gasteiger partial charge on any atom is -0.494 e. The average molecular weight is 342 g/mol. The average Bonchev–Trinajstić information content (AvgIpc) is 2.83. The Balaban J connectivity index is 2.24. The van der Waals surface area contributed by atoms with E-state index < -0.39 is 0 Å². The van der Waals surface area contributed by atoms with Gasteiger partial charge >= 0.3 is 0 Å². The van der Waals surface area contributed by atoms with Gasteiger partial charge in [0, 0.05) is 23.0 Å². The van der Waals surface area contributed by atoms with Crippen LogP contribution in [0.5, 0.6) is 5.75 Å². The first-order valence-electron chi connectivity index (χ1n) is 7.44. The molecule has 1 aliphatic heterocycles. The van der Waals surface area contributed by atoms with Crippen LogP contribution in [0.3, 0.4) is 0 Å². The van der Waals surface area contributed by atoms with Crippen LogP contribution in [0.25, 0.3) is 0 Å². The van der Waals surface area contributed by atoms with Gasteiger partial charge in [-0.3, -0.25) is 0 Å². The second-order valence-corrected chi connectivity index (χ2v) is 6.03. The number of ether oxygens (including phenoxy) is 2. The van der Waals surface area contributed by atoms with E-state index in [-0.39, 0.29) is 0 Å². The van der Waals surface area contributed by atoms with Gasteiger partial charge in [-0.15, -0.1) is 0 Å². The standard InChI is InChI=1S/C16H24BrNO2/c1-4-18-16(13-8-9-20-11(13)3)14-7-6-12(19-5-2)10-15(14)17/h6-7,10-11,13,16,18H,4-5,8-9H2,1-3H3. The highest BCUT2D eigenvalue weighted by atomic mass is 79.9. The van der Waals surface area contributed by atoms with Gasteiger partial charge in [-0.1, -0.05) is 28.9 Å². The maximum atomic E-state index is 5.74. The van der Waals surface area contributed by atoms with Crippen molar-refractivity contribution < 1.29 is 9.47 Å². The molecule has 2 rings (SSSR count). The fourth-order valence-corrected chi connectivity index (χ4v) is 3.52. The molecular weight excluding hydrogens is 318 g/mol. The van der Waals surface area contributed by atoms with Crippen LogP contribution in [0.4, 0.5) is 0 Å². The number of halogens is 1. The van der Waals surface area contributed by atoms with Crippen molar-refractivity contribution >= 4 is 15.9 Å². The summed E-state index contributed by atoms with van der Waals surface area (Å²) < 4.78 is 12.4. The summed E-state index contributed by atoms with van der Waals surface area (Å²) in [5, 5.41) is 3.61. The molecular formula is C16H24BrNO2. The van der Waals surface area contributed by atoms with E-state index in [1.165, 1.54) is 5.56 Å². The third-order valence-corrected chi connectivity index (χ3v) is 4.59. The summed E-state index contributed by atoms with van der Waals surface area (Å²) >= 11 is 3.69. The number of hydrogen-bond acceptors (Lipinski definition) is 3. The summed E-state index contributed by atoms with van der Waals surface area (Å²) in [6.45, 7) is 8.83. The monoisotopic (exact) mass is 341 g/mol. The second kappa shape index (κ2) is 7.43. The van der Waals surface area contributed by atoms with Crippen molar-refractivity contribution in [3.05, 3.63) is 28.2 Å². The molecule has 1 N–H and O–H groups in total. The number of nitrogens with one attached hydrogen (secondary N) is 1. The van der Waals surface area contributed by atoms with Gasteiger partial charge in [-0.25, -0.2) is 0 Å². The molecule has 1 heterocycles. The Morgan fingerprint density at radius 1 is 1.45 bits per heavy atom. The van der Waals surface area contributed by atoms with Gasteiger partial charge in [0.1, 0.15) is 5.75 Å². The smallest absolute Gasteiger partial charge is 0.120 e. The van der Waals surface area contributed by atoms with Crippen LogP contribution in [0.1, 0.15) is 38.8 Å². The first-order chi connectivity index (χ1) is 9.67. The Morgan fingerprint density at radius 2 is 2.25 bits per heavy atom. The maximum Gasteiger partial charge on any atom is 0.120 e. The van der Waals surface area contributed by atoms with Gasteiger partial charge in [0.05, 0.1) is 12.7 Å². The van der Waals surface area contributed by atoms with Gasteiger partial charge in [0.25, 0.3) is 0 Å². The molecule has 1 saturated heterocycles. The molecule has 1 aromatic rings. The largest absolute Gasteiger partial charge is 0.494 e. The second-order valence-electron chi connectivity index (χ2n) is 5.18. The highest BCUT2D eigenvalue weighted by Gasteiger charge is 2.33. The lowest BCUT2D eigenvalue weighted by Gasteiger charge is -2.28. The molecule has 1 aliphatic rings. The van der Waals surface area contributed by atoms with Crippen molar-refractivity contribution in [3.8, 4) is 5.75 Å². The molecule has 20 heavy (non-hydrogen) atoms. The van der Waals surface area contributed by atoms with Crippen molar-refractivity contribution in [1.29, 1.82) is 0 Å². The van der Waals surface area contributed by atoms with Crippen LogP contribution < -0.4 is 10.1 Å². The summed E-state index contributed by atoms with van der Waals surface area (Å²) in [4.78, 5) is 0. The number of benzene rings is 1. The molecule has 0 bridgehead atoms. The van der Waals surface area contributed by atoms with E-state index in [0.29, 0.717) is 24.7 Å². The van der Waals surface area contributed by atoms with E-state index in [0.717, 1.165) is 29.8 Å². The van der Waals surface area contributed by atoms with Crippen molar-refractivity contribution in [2.24, 2.45) is 5.92 Å². The predicted octanol–water partition coefficient (Wildman–Crippen LogP) is 3.92. The van der Waals surface area contributed by atoms with E-state index in [1.807, 2.05) is 6.92 Å². The van der Waals surface area contributed by atoms with Crippen molar-refractivity contribution in [2.75, 3.05) is 19.8 Å². The number of rotatable bonds is 6. The van der Waals surface area contributed by atoms with Crippen molar-refractivity contribution in [2.45, 2.75) is 39.3 Å². The molecule has 0 aliphatic carbocycles. The van der Waals surface area contributed by atoms with Crippen LogP contribution in [-0.4, -0.2) is 25.9 Å². The zero-order valence-electron chi connectivity index (χ0n) is 12.5. The van der Waals surface area contributed by atoms with Crippen LogP contribution in [0.15, 0.2) is 22.7 Å². The van der Waals surface area contributed by atoms with E-state index in [2.05, 4.69) is 53.3 Å². The lowest BCUT2D eigenvalue weighted by Crippen LogP contribution is -2.32. The zero-order chi connectivity index (χ0) is 14.5. The Bertz CT molecular complexity index is 438. The molecule has 0 aromatic heterocycles. The number of hydrogen-bond donors (Lipinski definition) is 1. The highest BCUT2D eigenvalue weighted by molar-refractivity contribution is 9.10. The minimum absolute atomic E-state index is 0.303. The van der Waals surface area contributed by atoms with E-state index >= 15 is 0 Å². The van der Waals surface area contributed by atoms with Crippen LogP contribution in [0.2, 0.25) is 0 Å². The molecule has 4 heteroatoms. The Labute approximate surface area is 130 Å². The van der Waals surface area contributed by atoms with E-state index in [9.17, 15) is 0 Å². The molecule has 1 fully saturated rings. The molecule has 0 amide bonds. The van der Waals surface area contributed by atoms with Gasteiger partial charge in [0.2, 0.25) is 0 Å². The van der Waals surface area contributed by atoms with Crippen molar-refractivity contribution in [1.82, 2.24) is 5.32 Å². The normalized spacial score (nSPS) is 23.8. The van der Waals surface area contributed by atoms with Crippen molar-refractivity contribution in [3.63, 3.8) is 0 Å². The summed E-state index contributed by atoms with van der Waals surface area (Å²) in [7, 11) is 0. The third-order valence-electron chi connectivity index (χ3n) is 3.91. The zero-order valence-corrected chi connectivity index (χ0v) is 14.1. The lowest BCUT2D eigenvalue weighted by molar-refractivity contribution is 0.0955. The highest BCUT2D eigenvalue weighted by Crippen LogP contribution is 2.37. The quantitative estimate of drug-likeness (QED) is 0.850. The maximum absolute atomic E-state index is 5.74. The molecule has 0 saturated carbocycles. The SMILES string of the molecule is CCNC(c1ccc(OCC)cc1Br)C1CCOC1C. The molecule has 3 unspecified atom stereocenters. The molecule has 112 valence electrons. The van der Waals surface area contributed by atoms with Gasteiger partial charge in [0.15, 0.2) is 0 Å². The van der Waals surface area contributed by atoms with Crippen LogP contribution >= 0.6 is 15.9 Å². The van der Waals surface area contributed by atoms with E-state index in [1.54, 1.807) is 0 Å². The fraction of sp³-hybridized carbons (Fsp3) is 0.625. The predicted molar refractivity (Wildman–Crippen MR) is 85.2 cm³/mol. The first-order valence-corrected chi connectivity index (χ1v) is 8.23. The molecule has 1 aromatic carbocycles. The van der Waals surface area contributed by atoms with Crippen LogP contribution in [0, 0.1) is 5.92 Å². The molecule has 0 spiro atoms. The summed E-state index contributed by atoms with van der Waals surface area (Å²) in [5.74, 6) is 1.43. The summed E-state index contributed by atoms with van der Waals surface area (Å²) in [6, 6.07) is 6.59. The Hall–Kier alpha value is -0.580. The Morgan fingerprint density at radius 3 is 2.80 bits per heavy atom. The first kappa shape index (κ1) is 15.8. The molecule has 0 radical (unpaired) electrons. The van der Waals surface area contributed by atoms with Crippen LogP contribution in [-0.2, 0) is 4.74 Å². The van der Waals surface area contributed by atoms with Gasteiger partial charge in [-0.05, 0) is 44.5 Å². The van der Waals surface area contributed by atoms with E-state index in [4.69, 9.17) is 9.47 Å². The minimum atomic E-state index is 0.303. The van der Waals surface area contributed by atoms with Gasteiger partial charge < -0.3 is 14.8 Å². The third kappa shape index (κ3) is 3.54. The van der Waals surface area contributed by atoms with Gasteiger partial charge in [-0.2, -0.15) is 0 Å².